The highest BCUT2D eigenvalue weighted by atomic mass is 16.3. The van der Waals surface area contributed by atoms with E-state index in [1.165, 1.54) is 5.56 Å². The molecule has 0 aromatic heterocycles. The van der Waals surface area contributed by atoms with Crippen LogP contribution in [0.1, 0.15) is 18.9 Å². The van der Waals surface area contributed by atoms with Crippen molar-refractivity contribution in [3.63, 3.8) is 0 Å². The Kier molecular flexibility index (Phi) is 4.04. The van der Waals surface area contributed by atoms with Crippen LogP contribution in [0.4, 0.5) is 0 Å². The molecule has 0 saturated carbocycles. The summed E-state index contributed by atoms with van der Waals surface area (Å²) in [6, 6.07) is 10.2. The van der Waals surface area contributed by atoms with Gasteiger partial charge in [-0.05, 0) is 24.5 Å². The summed E-state index contributed by atoms with van der Waals surface area (Å²) in [5.74, 6) is 0. The number of rotatable bonds is 4. The largest absolute Gasteiger partial charge is 0.295 e. The maximum atomic E-state index is 10.6. The number of hydrogen-bond donors (Lipinski definition) is 0. The van der Waals surface area contributed by atoms with Crippen molar-refractivity contribution in [1.82, 2.24) is 4.90 Å². The zero-order valence-corrected chi connectivity index (χ0v) is 10.2. The molecule has 0 saturated heterocycles. The molecule has 0 amide bonds. The van der Waals surface area contributed by atoms with Gasteiger partial charge in [0.15, 0.2) is 0 Å². The first-order valence-electron chi connectivity index (χ1n) is 6.07. The highest BCUT2D eigenvalue weighted by molar-refractivity contribution is 5.18. The van der Waals surface area contributed by atoms with E-state index in [9.17, 15) is 4.91 Å². The van der Waals surface area contributed by atoms with E-state index in [-0.39, 0.29) is 6.04 Å². The third-order valence-electron chi connectivity index (χ3n) is 3.20. The quantitative estimate of drug-likeness (QED) is 0.588. The number of nitroso groups, excluding NO2 is 1. The average molecular weight is 230 g/mol. The van der Waals surface area contributed by atoms with Gasteiger partial charge in [0, 0.05) is 19.6 Å². The first kappa shape index (κ1) is 12.0. The SMILES string of the molecule is CC(N=O)C1=CCCN(Cc2ccccc2)C1. The highest BCUT2D eigenvalue weighted by Gasteiger charge is 2.17. The van der Waals surface area contributed by atoms with Gasteiger partial charge >= 0.3 is 0 Å². The normalized spacial score (nSPS) is 18.5. The van der Waals surface area contributed by atoms with Crippen LogP contribution in [0.3, 0.4) is 0 Å². The van der Waals surface area contributed by atoms with E-state index in [1.807, 2.05) is 13.0 Å². The van der Waals surface area contributed by atoms with Crippen LogP contribution in [0.2, 0.25) is 0 Å². The number of benzene rings is 1. The van der Waals surface area contributed by atoms with Gasteiger partial charge in [-0.3, -0.25) is 4.90 Å². The van der Waals surface area contributed by atoms with E-state index in [4.69, 9.17) is 0 Å². The second-order valence-electron chi connectivity index (χ2n) is 4.55. The fourth-order valence-electron chi connectivity index (χ4n) is 2.18. The van der Waals surface area contributed by atoms with Crippen molar-refractivity contribution in [3.8, 4) is 0 Å². The van der Waals surface area contributed by atoms with Crippen molar-refractivity contribution in [3.05, 3.63) is 52.5 Å². The lowest BCUT2D eigenvalue weighted by molar-refractivity contribution is 0.277. The summed E-state index contributed by atoms with van der Waals surface area (Å²) in [6.07, 6.45) is 3.18. The minimum atomic E-state index is -0.187. The summed E-state index contributed by atoms with van der Waals surface area (Å²) in [6.45, 7) is 4.74. The van der Waals surface area contributed by atoms with E-state index >= 15 is 0 Å². The Balaban J connectivity index is 1.96. The minimum Gasteiger partial charge on any atom is -0.295 e. The Hall–Kier alpha value is -1.48. The number of nitrogens with zero attached hydrogens (tertiary/aromatic N) is 2. The molecule has 2 rings (SSSR count). The van der Waals surface area contributed by atoms with Gasteiger partial charge in [0.2, 0.25) is 0 Å². The molecule has 1 aliphatic rings. The molecule has 0 radical (unpaired) electrons. The second-order valence-corrected chi connectivity index (χ2v) is 4.55. The van der Waals surface area contributed by atoms with Gasteiger partial charge in [-0.1, -0.05) is 41.6 Å². The fraction of sp³-hybridized carbons (Fsp3) is 0.429. The van der Waals surface area contributed by atoms with Gasteiger partial charge in [0.1, 0.15) is 6.04 Å². The molecule has 17 heavy (non-hydrogen) atoms. The van der Waals surface area contributed by atoms with Crippen LogP contribution in [0.5, 0.6) is 0 Å². The molecule has 0 fully saturated rings. The monoisotopic (exact) mass is 230 g/mol. The van der Waals surface area contributed by atoms with Crippen molar-refractivity contribution in [1.29, 1.82) is 0 Å². The van der Waals surface area contributed by atoms with Gasteiger partial charge in [-0.2, -0.15) is 4.91 Å². The Labute approximate surface area is 102 Å². The first-order valence-corrected chi connectivity index (χ1v) is 6.07. The van der Waals surface area contributed by atoms with E-state index in [2.05, 4.69) is 40.4 Å². The molecular weight excluding hydrogens is 212 g/mol. The smallest absolute Gasteiger partial charge is 0.111 e. The van der Waals surface area contributed by atoms with Gasteiger partial charge in [-0.15, -0.1) is 0 Å². The maximum absolute atomic E-state index is 10.6. The Morgan fingerprint density at radius 3 is 2.82 bits per heavy atom. The lowest BCUT2D eigenvalue weighted by Crippen LogP contribution is -2.32. The highest BCUT2D eigenvalue weighted by Crippen LogP contribution is 2.17. The van der Waals surface area contributed by atoms with Gasteiger partial charge < -0.3 is 0 Å². The van der Waals surface area contributed by atoms with Crippen molar-refractivity contribution in [2.45, 2.75) is 25.9 Å². The lowest BCUT2D eigenvalue weighted by Gasteiger charge is -2.28. The molecule has 3 nitrogen and oxygen atoms in total. The Morgan fingerprint density at radius 2 is 2.12 bits per heavy atom. The molecular formula is C14H18N2O. The van der Waals surface area contributed by atoms with Gasteiger partial charge in [0.05, 0.1) is 0 Å². The fourth-order valence-corrected chi connectivity index (χ4v) is 2.18. The molecule has 1 heterocycles. The molecule has 0 N–H and O–H groups in total. The molecule has 0 spiro atoms. The lowest BCUT2D eigenvalue weighted by atomic mass is 10.0. The molecule has 3 heteroatoms. The minimum absolute atomic E-state index is 0.187. The van der Waals surface area contributed by atoms with Crippen molar-refractivity contribution >= 4 is 0 Å². The van der Waals surface area contributed by atoms with Crippen LogP contribution in [0, 0.1) is 4.91 Å². The van der Waals surface area contributed by atoms with E-state index < -0.39 is 0 Å². The maximum Gasteiger partial charge on any atom is 0.111 e. The molecule has 1 aromatic rings. The average Bonchev–Trinajstić information content (AvgIpc) is 2.39. The summed E-state index contributed by atoms with van der Waals surface area (Å²) < 4.78 is 0. The van der Waals surface area contributed by atoms with Crippen LogP contribution in [0.15, 0.2) is 47.2 Å². The van der Waals surface area contributed by atoms with Gasteiger partial charge in [-0.25, -0.2) is 0 Å². The molecule has 1 unspecified atom stereocenters. The second kappa shape index (κ2) is 5.73. The molecule has 0 bridgehead atoms. The molecule has 1 aromatic carbocycles. The third kappa shape index (κ3) is 3.24. The van der Waals surface area contributed by atoms with Crippen LogP contribution >= 0.6 is 0 Å². The summed E-state index contributed by atoms with van der Waals surface area (Å²) in [4.78, 5) is 12.9. The molecule has 90 valence electrons. The van der Waals surface area contributed by atoms with Gasteiger partial charge in [0.25, 0.3) is 0 Å². The molecule has 1 atom stereocenters. The standard InChI is InChI=1S/C14H18N2O/c1-12(15-17)14-8-5-9-16(11-14)10-13-6-3-2-4-7-13/h2-4,6-8,12H,5,9-11H2,1H3. The summed E-state index contributed by atoms with van der Waals surface area (Å²) in [5, 5.41) is 3.11. The summed E-state index contributed by atoms with van der Waals surface area (Å²) in [7, 11) is 0. The van der Waals surface area contributed by atoms with Crippen molar-refractivity contribution < 1.29 is 0 Å². The topological polar surface area (TPSA) is 32.7 Å². The predicted octanol–water partition coefficient (Wildman–Crippen LogP) is 2.97. The van der Waals surface area contributed by atoms with E-state index in [0.717, 1.165) is 31.6 Å². The van der Waals surface area contributed by atoms with E-state index in [1.54, 1.807) is 0 Å². The van der Waals surface area contributed by atoms with Crippen LogP contribution in [0.25, 0.3) is 0 Å². The summed E-state index contributed by atoms with van der Waals surface area (Å²) in [5.41, 5.74) is 2.47. The zero-order valence-electron chi connectivity index (χ0n) is 10.2. The Bertz CT molecular complexity index is 400. The van der Waals surface area contributed by atoms with Crippen molar-refractivity contribution in [2.24, 2.45) is 5.18 Å². The van der Waals surface area contributed by atoms with E-state index in [0.29, 0.717) is 0 Å². The first-order chi connectivity index (χ1) is 8.29. The van der Waals surface area contributed by atoms with Crippen LogP contribution in [-0.2, 0) is 6.54 Å². The summed E-state index contributed by atoms with van der Waals surface area (Å²) >= 11 is 0. The van der Waals surface area contributed by atoms with Crippen LogP contribution < -0.4 is 0 Å². The van der Waals surface area contributed by atoms with Crippen LogP contribution in [-0.4, -0.2) is 24.0 Å². The third-order valence-corrected chi connectivity index (χ3v) is 3.20. The zero-order chi connectivity index (χ0) is 12.1. The van der Waals surface area contributed by atoms with Crippen molar-refractivity contribution in [2.75, 3.05) is 13.1 Å². The molecule has 1 aliphatic heterocycles. The number of hydrogen-bond acceptors (Lipinski definition) is 3. The Morgan fingerprint density at radius 1 is 1.35 bits per heavy atom. The predicted molar refractivity (Wildman–Crippen MR) is 69.7 cm³/mol. The molecule has 0 aliphatic carbocycles.